The van der Waals surface area contributed by atoms with Crippen LogP contribution in [0.25, 0.3) is 0 Å². The van der Waals surface area contributed by atoms with Crippen LogP contribution >= 0.6 is 22.6 Å². The summed E-state index contributed by atoms with van der Waals surface area (Å²) in [5, 5.41) is 2.39. The Morgan fingerprint density at radius 2 is 1.59 bits per heavy atom. The first-order valence-corrected chi connectivity index (χ1v) is 10.9. The number of halogens is 3. The average Bonchev–Trinajstić information content (AvgIpc) is 2.70. The molecule has 0 saturated carbocycles. The molecule has 0 aliphatic rings. The molecule has 0 heterocycles. The van der Waals surface area contributed by atoms with E-state index < -0.39 is 34.1 Å². The number of hydrogen-bond acceptors (Lipinski definition) is 3. The summed E-state index contributed by atoms with van der Waals surface area (Å²) in [7, 11) is -4.03. The van der Waals surface area contributed by atoms with Gasteiger partial charge in [-0.05, 0) is 71.1 Å². The molecule has 0 bridgehead atoms. The normalized spacial score (nSPS) is 11.1. The van der Waals surface area contributed by atoms with Gasteiger partial charge in [0.15, 0.2) is 11.6 Å². The van der Waals surface area contributed by atoms with E-state index in [-0.39, 0.29) is 10.6 Å². The highest BCUT2D eigenvalue weighted by Gasteiger charge is 2.27. The van der Waals surface area contributed by atoms with Gasteiger partial charge in [-0.2, -0.15) is 0 Å². The number of nitrogens with zero attached hydrogens (tertiary/aromatic N) is 1. The average molecular weight is 528 g/mol. The number of anilines is 2. The van der Waals surface area contributed by atoms with Crippen molar-refractivity contribution < 1.29 is 22.0 Å². The summed E-state index contributed by atoms with van der Waals surface area (Å²) in [4.78, 5) is 12.5. The molecule has 3 aromatic rings. The quantitative estimate of drug-likeness (QED) is 0.483. The van der Waals surface area contributed by atoms with Gasteiger partial charge in [0.2, 0.25) is 5.91 Å². The number of hydrogen-bond donors (Lipinski definition) is 1. The molecule has 3 rings (SSSR count). The van der Waals surface area contributed by atoms with E-state index in [1.54, 1.807) is 42.5 Å². The standard InChI is InChI=1S/C20H15F2IN2O3S/c21-18-11-8-15(12-19(18)22)24-20(26)13-25(16-9-6-14(23)7-10-16)29(27,28)17-4-2-1-3-5-17/h1-12H,13H2,(H,24,26). The molecule has 3 aromatic carbocycles. The zero-order chi connectivity index (χ0) is 21.0. The van der Waals surface area contributed by atoms with Crippen LogP contribution in [0.15, 0.2) is 77.7 Å². The summed E-state index contributed by atoms with van der Waals surface area (Å²) < 4.78 is 54.6. The monoisotopic (exact) mass is 528 g/mol. The highest BCUT2D eigenvalue weighted by molar-refractivity contribution is 14.1. The maximum atomic E-state index is 13.4. The second kappa shape index (κ2) is 8.87. The van der Waals surface area contributed by atoms with Crippen LogP contribution in [-0.4, -0.2) is 20.9 Å². The van der Waals surface area contributed by atoms with Crippen molar-refractivity contribution in [2.75, 3.05) is 16.2 Å². The first-order valence-electron chi connectivity index (χ1n) is 8.35. The molecule has 0 aliphatic heterocycles. The Kier molecular flexibility index (Phi) is 6.48. The summed E-state index contributed by atoms with van der Waals surface area (Å²) in [6, 6.07) is 17.2. The molecule has 0 aromatic heterocycles. The van der Waals surface area contributed by atoms with Crippen molar-refractivity contribution in [3.63, 3.8) is 0 Å². The van der Waals surface area contributed by atoms with E-state index in [0.717, 1.165) is 20.0 Å². The Morgan fingerprint density at radius 3 is 2.21 bits per heavy atom. The maximum Gasteiger partial charge on any atom is 0.264 e. The molecule has 0 fully saturated rings. The van der Waals surface area contributed by atoms with E-state index in [1.165, 1.54) is 18.2 Å². The third-order valence-corrected chi connectivity index (χ3v) is 6.44. The van der Waals surface area contributed by atoms with Gasteiger partial charge < -0.3 is 5.32 Å². The third kappa shape index (κ3) is 5.10. The van der Waals surface area contributed by atoms with Gasteiger partial charge >= 0.3 is 0 Å². The number of carbonyl (C=O) groups excluding carboxylic acids is 1. The summed E-state index contributed by atoms with van der Waals surface area (Å²) >= 11 is 2.09. The van der Waals surface area contributed by atoms with Crippen molar-refractivity contribution >= 4 is 49.9 Å². The lowest BCUT2D eigenvalue weighted by atomic mass is 10.3. The SMILES string of the molecule is O=C(CN(c1ccc(I)cc1)S(=O)(=O)c1ccccc1)Nc1ccc(F)c(F)c1. The molecule has 0 aliphatic carbocycles. The fourth-order valence-corrected chi connectivity index (χ4v) is 4.35. The molecule has 9 heteroatoms. The molecule has 0 radical (unpaired) electrons. The molecule has 0 saturated heterocycles. The number of sulfonamides is 1. The van der Waals surface area contributed by atoms with E-state index in [2.05, 4.69) is 27.9 Å². The Bertz CT molecular complexity index is 1120. The molecule has 1 amide bonds. The molecule has 1 N–H and O–H groups in total. The van der Waals surface area contributed by atoms with Crippen LogP contribution in [0.4, 0.5) is 20.2 Å². The van der Waals surface area contributed by atoms with E-state index >= 15 is 0 Å². The maximum absolute atomic E-state index is 13.4. The molecule has 0 spiro atoms. The molecule has 150 valence electrons. The zero-order valence-corrected chi connectivity index (χ0v) is 17.8. The van der Waals surface area contributed by atoms with Crippen molar-refractivity contribution in [1.29, 1.82) is 0 Å². The van der Waals surface area contributed by atoms with Crippen molar-refractivity contribution in [1.82, 2.24) is 0 Å². The smallest absolute Gasteiger partial charge is 0.264 e. The first kappa shape index (κ1) is 21.2. The van der Waals surface area contributed by atoms with Gasteiger partial charge in [0.1, 0.15) is 6.54 Å². The largest absolute Gasteiger partial charge is 0.324 e. The van der Waals surface area contributed by atoms with Crippen molar-refractivity contribution in [2.45, 2.75) is 4.90 Å². The van der Waals surface area contributed by atoms with Gasteiger partial charge in [0, 0.05) is 15.3 Å². The van der Waals surface area contributed by atoms with Crippen molar-refractivity contribution in [2.24, 2.45) is 0 Å². The second-order valence-electron chi connectivity index (χ2n) is 5.98. The summed E-state index contributed by atoms with van der Waals surface area (Å²) in [6.45, 7) is -0.545. The lowest BCUT2D eigenvalue weighted by molar-refractivity contribution is -0.114. The zero-order valence-electron chi connectivity index (χ0n) is 14.8. The molecular weight excluding hydrogens is 513 g/mol. The van der Waals surface area contributed by atoms with Crippen molar-refractivity contribution in [3.8, 4) is 0 Å². The number of nitrogens with one attached hydrogen (secondary N) is 1. The molecular formula is C20H15F2IN2O3S. The van der Waals surface area contributed by atoms with Gasteiger partial charge in [0.25, 0.3) is 10.0 Å². The highest BCUT2D eigenvalue weighted by Crippen LogP contribution is 2.24. The predicted molar refractivity (Wildman–Crippen MR) is 115 cm³/mol. The lowest BCUT2D eigenvalue weighted by Crippen LogP contribution is -2.38. The van der Waals surface area contributed by atoms with Crippen LogP contribution in [0.1, 0.15) is 0 Å². The number of carbonyl (C=O) groups is 1. The summed E-state index contributed by atoms with van der Waals surface area (Å²) in [5.41, 5.74) is 0.322. The van der Waals surface area contributed by atoms with Crippen LogP contribution < -0.4 is 9.62 Å². The molecule has 29 heavy (non-hydrogen) atoms. The highest BCUT2D eigenvalue weighted by atomic mass is 127. The minimum atomic E-state index is -4.03. The van der Waals surface area contributed by atoms with Crippen LogP contribution in [0.5, 0.6) is 0 Å². The minimum Gasteiger partial charge on any atom is -0.324 e. The number of rotatable bonds is 6. The van der Waals surface area contributed by atoms with E-state index in [1.807, 2.05) is 0 Å². The molecule has 0 atom stereocenters. The fourth-order valence-electron chi connectivity index (χ4n) is 2.55. The summed E-state index contributed by atoms with van der Waals surface area (Å²) in [6.07, 6.45) is 0. The lowest BCUT2D eigenvalue weighted by Gasteiger charge is -2.24. The molecule has 5 nitrogen and oxygen atoms in total. The van der Waals surface area contributed by atoms with Crippen molar-refractivity contribution in [3.05, 3.63) is 88.0 Å². The Morgan fingerprint density at radius 1 is 0.931 bits per heavy atom. The van der Waals surface area contributed by atoms with Gasteiger partial charge in [-0.3, -0.25) is 9.10 Å². The predicted octanol–water partition coefficient (Wildman–Crippen LogP) is 4.40. The fraction of sp³-hybridized carbons (Fsp3) is 0.0500. The van der Waals surface area contributed by atoms with Gasteiger partial charge in [-0.25, -0.2) is 17.2 Å². The third-order valence-electron chi connectivity index (χ3n) is 3.94. The second-order valence-corrected chi connectivity index (χ2v) is 9.09. The van der Waals surface area contributed by atoms with Gasteiger partial charge in [-0.15, -0.1) is 0 Å². The first-order chi connectivity index (χ1) is 13.8. The van der Waals surface area contributed by atoms with Crippen LogP contribution in [0, 0.1) is 15.2 Å². The number of amides is 1. The van der Waals surface area contributed by atoms with E-state index in [9.17, 15) is 22.0 Å². The van der Waals surface area contributed by atoms with Crippen LogP contribution in [0.2, 0.25) is 0 Å². The Labute approximate surface area is 180 Å². The van der Waals surface area contributed by atoms with E-state index in [4.69, 9.17) is 0 Å². The van der Waals surface area contributed by atoms with Gasteiger partial charge in [-0.1, -0.05) is 18.2 Å². The summed E-state index contributed by atoms with van der Waals surface area (Å²) in [5.74, 6) is -2.86. The van der Waals surface area contributed by atoms with Gasteiger partial charge in [0.05, 0.1) is 10.6 Å². The number of benzene rings is 3. The minimum absolute atomic E-state index is 0.0218. The molecule has 0 unspecified atom stereocenters. The Balaban J connectivity index is 1.92. The van der Waals surface area contributed by atoms with Crippen LogP contribution in [-0.2, 0) is 14.8 Å². The van der Waals surface area contributed by atoms with Crippen LogP contribution in [0.3, 0.4) is 0 Å². The topological polar surface area (TPSA) is 66.5 Å². The van der Waals surface area contributed by atoms with E-state index in [0.29, 0.717) is 5.69 Å². The Hall–Kier alpha value is -2.53.